The number of hydrogen-bond acceptors (Lipinski definition) is 1. The zero-order valence-corrected chi connectivity index (χ0v) is 11.2. The maximum absolute atomic E-state index is 3.68. The summed E-state index contributed by atoms with van der Waals surface area (Å²) in [5, 5.41) is 3.68. The van der Waals surface area contributed by atoms with Gasteiger partial charge in [-0.25, -0.2) is 0 Å². The second kappa shape index (κ2) is 6.09. The standard InChI is InChI=1S/C16H25N/c1-3-13-5-9-15(10-6-13)17-16-11-7-14(4-2)8-12-16/h5-6,9-10,14,16-17H,3-4,7-8,11-12H2,1-2H3. The summed E-state index contributed by atoms with van der Waals surface area (Å²) in [4.78, 5) is 0. The molecule has 1 aliphatic carbocycles. The summed E-state index contributed by atoms with van der Waals surface area (Å²) in [6.45, 7) is 4.52. The van der Waals surface area contributed by atoms with Crippen LogP contribution in [0, 0.1) is 5.92 Å². The zero-order chi connectivity index (χ0) is 12.1. The highest BCUT2D eigenvalue weighted by Crippen LogP contribution is 2.28. The highest BCUT2D eigenvalue weighted by molar-refractivity contribution is 5.45. The Morgan fingerprint density at radius 1 is 1.00 bits per heavy atom. The molecule has 1 N–H and O–H groups in total. The van der Waals surface area contributed by atoms with Crippen LogP contribution < -0.4 is 5.32 Å². The van der Waals surface area contributed by atoms with Gasteiger partial charge in [-0.05, 0) is 55.7 Å². The van der Waals surface area contributed by atoms with Crippen molar-refractivity contribution < 1.29 is 0 Å². The Kier molecular flexibility index (Phi) is 4.47. The first-order valence-electron chi connectivity index (χ1n) is 7.17. The van der Waals surface area contributed by atoms with Gasteiger partial charge >= 0.3 is 0 Å². The van der Waals surface area contributed by atoms with Crippen LogP contribution in [0.25, 0.3) is 0 Å². The first-order valence-corrected chi connectivity index (χ1v) is 7.17. The molecule has 1 nitrogen and oxygen atoms in total. The molecule has 0 atom stereocenters. The zero-order valence-electron chi connectivity index (χ0n) is 11.2. The lowest BCUT2D eigenvalue weighted by atomic mass is 9.84. The fourth-order valence-corrected chi connectivity index (χ4v) is 2.79. The molecule has 1 heteroatoms. The molecule has 0 saturated heterocycles. The fourth-order valence-electron chi connectivity index (χ4n) is 2.79. The first-order chi connectivity index (χ1) is 8.31. The van der Waals surface area contributed by atoms with Crippen molar-refractivity contribution in [2.75, 3.05) is 5.32 Å². The normalized spacial score (nSPS) is 24.6. The number of anilines is 1. The quantitative estimate of drug-likeness (QED) is 0.796. The third kappa shape index (κ3) is 3.49. The van der Waals surface area contributed by atoms with E-state index in [-0.39, 0.29) is 0 Å². The Hall–Kier alpha value is -0.980. The molecular weight excluding hydrogens is 206 g/mol. The van der Waals surface area contributed by atoms with Crippen molar-refractivity contribution >= 4 is 5.69 Å². The minimum absolute atomic E-state index is 0.699. The third-order valence-electron chi connectivity index (χ3n) is 4.16. The molecule has 0 radical (unpaired) electrons. The molecule has 2 rings (SSSR count). The molecule has 0 aliphatic heterocycles. The molecular formula is C16H25N. The van der Waals surface area contributed by atoms with Gasteiger partial charge in [0.05, 0.1) is 0 Å². The maximum atomic E-state index is 3.68. The SMILES string of the molecule is CCc1ccc(NC2CCC(CC)CC2)cc1. The molecule has 0 aromatic heterocycles. The highest BCUT2D eigenvalue weighted by atomic mass is 14.9. The van der Waals surface area contributed by atoms with Gasteiger partial charge in [-0.2, -0.15) is 0 Å². The molecule has 17 heavy (non-hydrogen) atoms. The van der Waals surface area contributed by atoms with E-state index in [4.69, 9.17) is 0 Å². The number of nitrogens with one attached hydrogen (secondary N) is 1. The van der Waals surface area contributed by atoms with Crippen molar-refractivity contribution in [2.24, 2.45) is 5.92 Å². The van der Waals surface area contributed by atoms with Gasteiger partial charge in [0.25, 0.3) is 0 Å². The molecule has 1 aromatic carbocycles. The van der Waals surface area contributed by atoms with Crippen LogP contribution in [-0.2, 0) is 6.42 Å². The molecule has 0 unspecified atom stereocenters. The van der Waals surface area contributed by atoms with Crippen LogP contribution in [-0.4, -0.2) is 6.04 Å². The molecule has 1 fully saturated rings. The van der Waals surface area contributed by atoms with E-state index >= 15 is 0 Å². The Morgan fingerprint density at radius 3 is 2.18 bits per heavy atom. The fraction of sp³-hybridized carbons (Fsp3) is 0.625. The van der Waals surface area contributed by atoms with E-state index in [0.717, 1.165) is 12.3 Å². The predicted octanol–water partition coefficient (Wildman–Crippen LogP) is 4.63. The van der Waals surface area contributed by atoms with Crippen LogP contribution in [0.15, 0.2) is 24.3 Å². The summed E-state index contributed by atoms with van der Waals surface area (Å²) in [7, 11) is 0. The van der Waals surface area contributed by atoms with Gasteiger partial charge in [0.1, 0.15) is 0 Å². The minimum Gasteiger partial charge on any atom is -0.382 e. The molecule has 0 heterocycles. The van der Waals surface area contributed by atoms with E-state index in [1.54, 1.807) is 0 Å². The van der Waals surface area contributed by atoms with Crippen molar-refractivity contribution in [2.45, 2.75) is 58.4 Å². The molecule has 0 spiro atoms. The molecule has 0 bridgehead atoms. The van der Waals surface area contributed by atoms with Gasteiger partial charge in [0.2, 0.25) is 0 Å². The summed E-state index contributed by atoms with van der Waals surface area (Å²) in [6.07, 6.45) is 7.98. The average Bonchev–Trinajstić information content (AvgIpc) is 2.40. The third-order valence-corrected chi connectivity index (χ3v) is 4.16. The molecule has 1 aromatic rings. The lowest BCUT2D eigenvalue weighted by molar-refractivity contribution is 0.330. The lowest BCUT2D eigenvalue weighted by Crippen LogP contribution is -2.25. The number of hydrogen-bond donors (Lipinski definition) is 1. The maximum Gasteiger partial charge on any atom is 0.0342 e. The lowest BCUT2D eigenvalue weighted by Gasteiger charge is -2.29. The van der Waals surface area contributed by atoms with Crippen molar-refractivity contribution in [3.8, 4) is 0 Å². The van der Waals surface area contributed by atoms with Crippen molar-refractivity contribution in [1.82, 2.24) is 0 Å². The summed E-state index contributed by atoms with van der Waals surface area (Å²) >= 11 is 0. The summed E-state index contributed by atoms with van der Waals surface area (Å²) < 4.78 is 0. The second-order valence-electron chi connectivity index (χ2n) is 5.32. The Bertz CT molecular complexity index is 320. The van der Waals surface area contributed by atoms with E-state index in [2.05, 4.69) is 43.4 Å². The van der Waals surface area contributed by atoms with E-state index in [1.165, 1.54) is 43.4 Å². The average molecular weight is 231 g/mol. The van der Waals surface area contributed by atoms with Gasteiger partial charge in [0, 0.05) is 11.7 Å². The summed E-state index contributed by atoms with van der Waals surface area (Å²) in [6, 6.07) is 9.63. The van der Waals surface area contributed by atoms with E-state index in [0.29, 0.717) is 6.04 Å². The number of rotatable bonds is 4. The van der Waals surface area contributed by atoms with E-state index in [9.17, 15) is 0 Å². The van der Waals surface area contributed by atoms with Gasteiger partial charge in [-0.3, -0.25) is 0 Å². The van der Waals surface area contributed by atoms with Gasteiger partial charge in [-0.15, -0.1) is 0 Å². The van der Waals surface area contributed by atoms with Gasteiger partial charge in [-0.1, -0.05) is 32.4 Å². The minimum atomic E-state index is 0.699. The predicted molar refractivity (Wildman–Crippen MR) is 75.5 cm³/mol. The Labute approximate surface area is 106 Å². The molecule has 1 aliphatic rings. The molecule has 0 amide bonds. The topological polar surface area (TPSA) is 12.0 Å². The van der Waals surface area contributed by atoms with Gasteiger partial charge in [0.15, 0.2) is 0 Å². The van der Waals surface area contributed by atoms with Crippen LogP contribution in [0.4, 0.5) is 5.69 Å². The van der Waals surface area contributed by atoms with E-state index < -0.39 is 0 Å². The summed E-state index contributed by atoms with van der Waals surface area (Å²) in [5.74, 6) is 0.982. The highest BCUT2D eigenvalue weighted by Gasteiger charge is 2.19. The summed E-state index contributed by atoms with van der Waals surface area (Å²) in [5.41, 5.74) is 2.72. The van der Waals surface area contributed by atoms with Crippen LogP contribution in [0.5, 0.6) is 0 Å². The number of aryl methyl sites for hydroxylation is 1. The second-order valence-corrected chi connectivity index (χ2v) is 5.32. The largest absolute Gasteiger partial charge is 0.382 e. The number of benzene rings is 1. The molecule has 1 saturated carbocycles. The van der Waals surface area contributed by atoms with Crippen LogP contribution >= 0.6 is 0 Å². The van der Waals surface area contributed by atoms with E-state index in [1.807, 2.05) is 0 Å². The van der Waals surface area contributed by atoms with Crippen molar-refractivity contribution in [3.05, 3.63) is 29.8 Å². The monoisotopic (exact) mass is 231 g/mol. The van der Waals surface area contributed by atoms with Gasteiger partial charge < -0.3 is 5.32 Å². The smallest absolute Gasteiger partial charge is 0.0342 e. The van der Waals surface area contributed by atoms with Crippen LogP contribution in [0.3, 0.4) is 0 Å². The Morgan fingerprint density at radius 2 is 1.65 bits per heavy atom. The first kappa shape index (κ1) is 12.5. The van der Waals surface area contributed by atoms with Crippen molar-refractivity contribution in [1.29, 1.82) is 0 Å². The molecule has 94 valence electrons. The Balaban J connectivity index is 1.84. The van der Waals surface area contributed by atoms with Crippen LogP contribution in [0.2, 0.25) is 0 Å². The van der Waals surface area contributed by atoms with Crippen molar-refractivity contribution in [3.63, 3.8) is 0 Å². The van der Waals surface area contributed by atoms with Crippen LogP contribution in [0.1, 0.15) is 51.5 Å².